The van der Waals surface area contributed by atoms with Crippen LogP contribution in [0.5, 0.6) is 0 Å². The van der Waals surface area contributed by atoms with Crippen molar-refractivity contribution in [2.45, 2.75) is 26.6 Å². The first-order valence-corrected chi connectivity index (χ1v) is 6.22. The van der Waals surface area contributed by atoms with Gasteiger partial charge < -0.3 is 9.88 Å². The zero-order valence-electron chi connectivity index (χ0n) is 11.5. The number of halogens is 3. The van der Waals surface area contributed by atoms with Crippen molar-refractivity contribution in [3.8, 4) is 0 Å². The van der Waals surface area contributed by atoms with Crippen molar-refractivity contribution >= 4 is 11.6 Å². The third-order valence-electron chi connectivity index (χ3n) is 2.85. The summed E-state index contributed by atoms with van der Waals surface area (Å²) < 4.78 is 41.0. The van der Waals surface area contributed by atoms with Gasteiger partial charge in [0, 0.05) is 25.4 Å². The predicted octanol–water partition coefficient (Wildman–Crippen LogP) is 3.22. The van der Waals surface area contributed by atoms with E-state index in [-0.39, 0.29) is 17.8 Å². The molecule has 0 aliphatic heterocycles. The molecular weight excluding hydrogens is 283 g/mol. The van der Waals surface area contributed by atoms with Crippen LogP contribution in [0.4, 0.5) is 18.9 Å². The highest BCUT2D eigenvalue weighted by Gasteiger charge is 2.33. The maximum atomic E-state index is 13.1. The molecule has 2 rings (SSSR count). The average Bonchev–Trinajstić information content (AvgIpc) is 2.75. The molecule has 1 aromatic carbocycles. The molecule has 0 aliphatic carbocycles. The number of imidazole rings is 1. The highest BCUT2D eigenvalue weighted by Crippen LogP contribution is 2.34. The second kappa shape index (κ2) is 5.59. The number of amides is 1. The van der Waals surface area contributed by atoms with Crippen LogP contribution < -0.4 is 5.32 Å². The van der Waals surface area contributed by atoms with Crippen LogP contribution in [0.15, 0.2) is 30.7 Å². The summed E-state index contributed by atoms with van der Waals surface area (Å²) in [5, 5.41) is 2.35. The Morgan fingerprint density at radius 2 is 2.10 bits per heavy atom. The SMILES string of the molecule is CC(=O)Nc1ccc(Cn2cnc(C)c2)c(C(F)(F)F)c1. The lowest BCUT2D eigenvalue weighted by Crippen LogP contribution is -2.13. The third kappa shape index (κ3) is 3.84. The maximum absolute atomic E-state index is 13.1. The van der Waals surface area contributed by atoms with E-state index < -0.39 is 17.6 Å². The van der Waals surface area contributed by atoms with E-state index in [0.717, 1.165) is 11.8 Å². The summed E-state index contributed by atoms with van der Waals surface area (Å²) in [6.07, 6.45) is -1.33. The number of benzene rings is 1. The molecule has 7 heteroatoms. The van der Waals surface area contributed by atoms with Crippen molar-refractivity contribution in [2.75, 3.05) is 5.32 Å². The Kier molecular flexibility index (Phi) is 4.02. The highest BCUT2D eigenvalue weighted by atomic mass is 19.4. The zero-order valence-corrected chi connectivity index (χ0v) is 11.5. The highest BCUT2D eigenvalue weighted by molar-refractivity contribution is 5.88. The van der Waals surface area contributed by atoms with Crippen LogP contribution in [-0.2, 0) is 17.5 Å². The number of aryl methyl sites for hydroxylation is 1. The van der Waals surface area contributed by atoms with Crippen molar-refractivity contribution in [2.24, 2.45) is 0 Å². The fourth-order valence-corrected chi connectivity index (χ4v) is 2.01. The standard InChI is InChI=1S/C14H14F3N3O/c1-9-6-20(8-18-9)7-11-3-4-12(19-10(2)21)5-13(11)14(15,16)17/h3-6,8H,7H2,1-2H3,(H,19,21). The van der Waals surface area contributed by atoms with Crippen molar-refractivity contribution in [1.82, 2.24) is 9.55 Å². The van der Waals surface area contributed by atoms with Gasteiger partial charge in [-0.15, -0.1) is 0 Å². The summed E-state index contributed by atoms with van der Waals surface area (Å²) in [6.45, 7) is 3.08. The number of carbonyl (C=O) groups excluding carboxylic acids is 1. The Morgan fingerprint density at radius 3 is 2.62 bits per heavy atom. The van der Waals surface area contributed by atoms with E-state index in [9.17, 15) is 18.0 Å². The molecule has 0 saturated heterocycles. The molecule has 112 valence electrons. The molecule has 0 radical (unpaired) electrons. The van der Waals surface area contributed by atoms with Crippen LogP contribution in [-0.4, -0.2) is 15.5 Å². The number of aromatic nitrogens is 2. The molecule has 0 bridgehead atoms. The molecule has 0 aliphatic rings. The van der Waals surface area contributed by atoms with Crippen molar-refractivity contribution in [3.05, 3.63) is 47.5 Å². The van der Waals surface area contributed by atoms with Crippen LogP contribution in [0.1, 0.15) is 23.7 Å². The molecule has 1 N–H and O–H groups in total. The summed E-state index contributed by atoms with van der Waals surface area (Å²) in [6, 6.07) is 3.76. The van der Waals surface area contributed by atoms with Gasteiger partial charge in [-0.2, -0.15) is 13.2 Å². The fraction of sp³-hybridized carbons (Fsp3) is 0.286. The van der Waals surface area contributed by atoms with E-state index in [1.165, 1.54) is 25.4 Å². The predicted molar refractivity (Wildman–Crippen MR) is 71.8 cm³/mol. The van der Waals surface area contributed by atoms with Gasteiger partial charge in [-0.3, -0.25) is 4.79 Å². The molecule has 2 aromatic rings. The largest absolute Gasteiger partial charge is 0.416 e. The minimum atomic E-state index is -4.49. The molecule has 0 spiro atoms. The number of hydrogen-bond donors (Lipinski definition) is 1. The van der Waals surface area contributed by atoms with Gasteiger partial charge >= 0.3 is 6.18 Å². The molecule has 0 fully saturated rings. The van der Waals surface area contributed by atoms with Crippen LogP contribution in [0.25, 0.3) is 0 Å². The van der Waals surface area contributed by atoms with E-state index in [1.54, 1.807) is 17.7 Å². The first-order chi connectivity index (χ1) is 9.75. The number of carbonyl (C=O) groups is 1. The number of nitrogens with one attached hydrogen (secondary N) is 1. The molecule has 1 amide bonds. The van der Waals surface area contributed by atoms with Crippen LogP contribution >= 0.6 is 0 Å². The first-order valence-electron chi connectivity index (χ1n) is 6.22. The zero-order chi connectivity index (χ0) is 15.6. The quantitative estimate of drug-likeness (QED) is 0.945. The van der Waals surface area contributed by atoms with Gasteiger partial charge in [-0.1, -0.05) is 6.07 Å². The monoisotopic (exact) mass is 297 g/mol. The summed E-state index contributed by atoms with van der Waals surface area (Å²) in [7, 11) is 0. The van der Waals surface area contributed by atoms with Crippen LogP contribution in [0.3, 0.4) is 0 Å². The van der Waals surface area contributed by atoms with E-state index in [1.807, 2.05) is 0 Å². The lowest BCUT2D eigenvalue weighted by atomic mass is 10.1. The third-order valence-corrected chi connectivity index (χ3v) is 2.85. The second-order valence-corrected chi connectivity index (χ2v) is 4.74. The van der Waals surface area contributed by atoms with Crippen molar-refractivity contribution in [3.63, 3.8) is 0 Å². The molecule has 0 unspecified atom stereocenters. The van der Waals surface area contributed by atoms with Gasteiger partial charge in [-0.25, -0.2) is 4.98 Å². The Balaban J connectivity index is 2.37. The molecule has 1 heterocycles. The molecule has 1 aromatic heterocycles. The normalized spacial score (nSPS) is 11.5. The lowest BCUT2D eigenvalue weighted by Gasteiger charge is -2.15. The number of alkyl halides is 3. The molecule has 0 saturated carbocycles. The van der Waals surface area contributed by atoms with E-state index in [4.69, 9.17) is 0 Å². The van der Waals surface area contributed by atoms with Crippen molar-refractivity contribution < 1.29 is 18.0 Å². The van der Waals surface area contributed by atoms with E-state index in [2.05, 4.69) is 10.3 Å². The Labute approximate surface area is 119 Å². The number of nitrogens with zero attached hydrogens (tertiary/aromatic N) is 2. The average molecular weight is 297 g/mol. The van der Waals surface area contributed by atoms with Gasteiger partial charge in [0.1, 0.15) is 0 Å². The summed E-state index contributed by atoms with van der Waals surface area (Å²) in [5.74, 6) is -0.416. The lowest BCUT2D eigenvalue weighted by molar-refractivity contribution is -0.138. The van der Waals surface area contributed by atoms with Crippen LogP contribution in [0.2, 0.25) is 0 Å². The summed E-state index contributed by atoms with van der Waals surface area (Å²) in [4.78, 5) is 14.9. The number of anilines is 1. The minimum Gasteiger partial charge on any atom is -0.333 e. The van der Waals surface area contributed by atoms with E-state index >= 15 is 0 Å². The van der Waals surface area contributed by atoms with Crippen LogP contribution in [0, 0.1) is 6.92 Å². The smallest absolute Gasteiger partial charge is 0.333 e. The fourth-order valence-electron chi connectivity index (χ4n) is 2.01. The number of hydrogen-bond acceptors (Lipinski definition) is 2. The molecular formula is C14H14F3N3O. The maximum Gasteiger partial charge on any atom is 0.416 e. The van der Waals surface area contributed by atoms with Gasteiger partial charge in [0.25, 0.3) is 0 Å². The van der Waals surface area contributed by atoms with Gasteiger partial charge in [-0.05, 0) is 24.6 Å². The molecule has 4 nitrogen and oxygen atoms in total. The van der Waals surface area contributed by atoms with Crippen molar-refractivity contribution in [1.29, 1.82) is 0 Å². The van der Waals surface area contributed by atoms with Gasteiger partial charge in [0.05, 0.1) is 17.6 Å². The Hall–Kier alpha value is -2.31. The summed E-state index contributed by atoms with van der Waals surface area (Å²) >= 11 is 0. The first kappa shape index (κ1) is 15.1. The van der Waals surface area contributed by atoms with E-state index in [0.29, 0.717) is 0 Å². The topological polar surface area (TPSA) is 46.9 Å². The summed E-state index contributed by atoms with van der Waals surface area (Å²) in [5.41, 5.74) is 0.216. The Morgan fingerprint density at radius 1 is 1.38 bits per heavy atom. The molecule has 0 atom stereocenters. The minimum absolute atomic E-state index is 0.0655. The van der Waals surface area contributed by atoms with Gasteiger partial charge in [0.2, 0.25) is 5.91 Å². The van der Waals surface area contributed by atoms with Gasteiger partial charge in [0.15, 0.2) is 0 Å². The Bertz CT molecular complexity index is 662. The molecule has 21 heavy (non-hydrogen) atoms. The number of rotatable bonds is 3. The second-order valence-electron chi connectivity index (χ2n) is 4.74.